The zero-order chi connectivity index (χ0) is 12.8. The van der Waals surface area contributed by atoms with Crippen LogP contribution in [0.25, 0.3) is 0 Å². The first-order valence-corrected chi connectivity index (χ1v) is 7.19. The van der Waals surface area contributed by atoms with Crippen LogP contribution in [-0.2, 0) is 13.6 Å². The van der Waals surface area contributed by atoms with Gasteiger partial charge >= 0.3 is 0 Å². The van der Waals surface area contributed by atoms with Gasteiger partial charge in [-0.2, -0.15) is 5.10 Å². The summed E-state index contributed by atoms with van der Waals surface area (Å²) in [6.07, 6.45) is 5.81. The lowest BCUT2D eigenvalue weighted by Gasteiger charge is -2.30. The van der Waals surface area contributed by atoms with Crippen molar-refractivity contribution in [2.24, 2.45) is 13.0 Å². The molecule has 0 amide bonds. The average molecular weight is 250 g/mol. The van der Waals surface area contributed by atoms with E-state index in [0.29, 0.717) is 0 Å². The Bertz CT molecular complexity index is 341. The van der Waals surface area contributed by atoms with E-state index in [1.165, 1.54) is 51.1 Å². The fourth-order valence-electron chi connectivity index (χ4n) is 2.78. The molecule has 1 fully saturated rings. The van der Waals surface area contributed by atoms with Crippen molar-refractivity contribution in [3.63, 3.8) is 0 Å². The van der Waals surface area contributed by atoms with Gasteiger partial charge in [-0.1, -0.05) is 6.92 Å². The molecule has 0 saturated carbocycles. The van der Waals surface area contributed by atoms with E-state index in [1.54, 1.807) is 0 Å². The molecule has 2 rings (SSSR count). The van der Waals surface area contributed by atoms with Crippen molar-refractivity contribution >= 4 is 0 Å². The van der Waals surface area contributed by atoms with Crippen molar-refractivity contribution in [1.29, 1.82) is 0 Å². The molecule has 2 heterocycles. The molecular formula is C14H26N4. The van der Waals surface area contributed by atoms with Gasteiger partial charge in [0.15, 0.2) is 0 Å². The zero-order valence-electron chi connectivity index (χ0n) is 11.7. The molecule has 1 aromatic rings. The van der Waals surface area contributed by atoms with Crippen LogP contribution in [-0.4, -0.2) is 40.9 Å². The van der Waals surface area contributed by atoms with Crippen molar-refractivity contribution in [3.05, 3.63) is 18.0 Å². The second-order valence-electron chi connectivity index (χ2n) is 5.39. The van der Waals surface area contributed by atoms with Gasteiger partial charge in [0.1, 0.15) is 0 Å². The van der Waals surface area contributed by atoms with E-state index in [0.717, 1.165) is 12.5 Å². The molecular weight excluding hydrogens is 224 g/mol. The van der Waals surface area contributed by atoms with E-state index in [9.17, 15) is 0 Å². The Morgan fingerprint density at radius 1 is 1.56 bits per heavy atom. The van der Waals surface area contributed by atoms with Gasteiger partial charge in [-0.3, -0.25) is 9.58 Å². The maximum atomic E-state index is 4.25. The number of piperidine rings is 1. The highest BCUT2D eigenvalue weighted by Gasteiger charge is 2.17. The zero-order valence-corrected chi connectivity index (χ0v) is 11.7. The Kier molecular flexibility index (Phi) is 5.20. The summed E-state index contributed by atoms with van der Waals surface area (Å²) in [6, 6.07) is 2.13. The lowest BCUT2D eigenvalue weighted by molar-refractivity contribution is 0.197. The summed E-state index contributed by atoms with van der Waals surface area (Å²) >= 11 is 0. The highest BCUT2D eigenvalue weighted by molar-refractivity contribution is 4.99. The quantitative estimate of drug-likeness (QED) is 0.833. The second-order valence-corrected chi connectivity index (χ2v) is 5.39. The molecule has 1 saturated heterocycles. The summed E-state index contributed by atoms with van der Waals surface area (Å²) in [6.45, 7) is 8.07. The van der Waals surface area contributed by atoms with Crippen LogP contribution < -0.4 is 5.32 Å². The predicted octanol–water partition coefficient (Wildman–Crippen LogP) is 1.63. The van der Waals surface area contributed by atoms with Crippen LogP contribution in [0.15, 0.2) is 12.3 Å². The molecule has 18 heavy (non-hydrogen) atoms. The van der Waals surface area contributed by atoms with E-state index >= 15 is 0 Å². The van der Waals surface area contributed by atoms with Gasteiger partial charge in [0.2, 0.25) is 0 Å². The maximum absolute atomic E-state index is 4.25. The SMILES string of the molecule is CCCN(Cc1ccnn1C)CC1CCCNC1. The first-order chi connectivity index (χ1) is 8.79. The van der Waals surface area contributed by atoms with Gasteiger partial charge in [-0.15, -0.1) is 0 Å². The third-order valence-corrected chi connectivity index (χ3v) is 3.76. The van der Waals surface area contributed by atoms with Gasteiger partial charge in [-0.05, 0) is 50.9 Å². The van der Waals surface area contributed by atoms with Crippen molar-refractivity contribution in [1.82, 2.24) is 20.0 Å². The minimum Gasteiger partial charge on any atom is -0.316 e. The van der Waals surface area contributed by atoms with E-state index in [2.05, 4.69) is 28.3 Å². The Labute approximate surface area is 110 Å². The number of hydrogen-bond donors (Lipinski definition) is 1. The normalized spacial score (nSPS) is 20.5. The minimum atomic E-state index is 0.818. The third kappa shape index (κ3) is 3.82. The summed E-state index contributed by atoms with van der Waals surface area (Å²) in [5.41, 5.74) is 1.31. The number of aromatic nitrogens is 2. The average Bonchev–Trinajstić information content (AvgIpc) is 2.77. The van der Waals surface area contributed by atoms with Gasteiger partial charge in [-0.25, -0.2) is 0 Å². The van der Waals surface area contributed by atoms with E-state index in [-0.39, 0.29) is 0 Å². The van der Waals surface area contributed by atoms with Crippen LogP contribution >= 0.6 is 0 Å². The largest absolute Gasteiger partial charge is 0.316 e. The molecule has 102 valence electrons. The first kappa shape index (κ1) is 13.6. The van der Waals surface area contributed by atoms with Crippen molar-refractivity contribution < 1.29 is 0 Å². The molecule has 4 nitrogen and oxygen atoms in total. The van der Waals surface area contributed by atoms with E-state index < -0.39 is 0 Å². The number of hydrogen-bond acceptors (Lipinski definition) is 3. The Hall–Kier alpha value is -0.870. The number of nitrogens with one attached hydrogen (secondary N) is 1. The molecule has 4 heteroatoms. The van der Waals surface area contributed by atoms with Crippen LogP contribution in [0, 0.1) is 5.92 Å². The van der Waals surface area contributed by atoms with Crippen LogP contribution in [0.3, 0.4) is 0 Å². The number of rotatable bonds is 6. The lowest BCUT2D eigenvalue weighted by Crippen LogP contribution is -2.38. The molecule has 0 spiro atoms. The molecule has 1 N–H and O–H groups in total. The Morgan fingerprint density at radius 3 is 3.06 bits per heavy atom. The monoisotopic (exact) mass is 250 g/mol. The molecule has 1 atom stereocenters. The third-order valence-electron chi connectivity index (χ3n) is 3.76. The highest BCUT2D eigenvalue weighted by Crippen LogP contribution is 2.14. The summed E-state index contributed by atoms with van der Waals surface area (Å²) in [4.78, 5) is 2.58. The molecule has 0 bridgehead atoms. The van der Waals surface area contributed by atoms with Gasteiger partial charge in [0, 0.05) is 26.3 Å². The lowest BCUT2D eigenvalue weighted by atomic mass is 9.99. The molecule has 1 aliphatic heterocycles. The van der Waals surface area contributed by atoms with Gasteiger partial charge in [0.05, 0.1) is 5.69 Å². The van der Waals surface area contributed by atoms with Crippen LogP contribution in [0.2, 0.25) is 0 Å². The van der Waals surface area contributed by atoms with Crippen LogP contribution in [0.1, 0.15) is 31.9 Å². The molecule has 1 unspecified atom stereocenters. The Morgan fingerprint density at radius 2 is 2.44 bits per heavy atom. The van der Waals surface area contributed by atoms with Gasteiger partial charge in [0.25, 0.3) is 0 Å². The molecule has 0 aromatic carbocycles. The fourth-order valence-corrected chi connectivity index (χ4v) is 2.78. The van der Waals surface area contributed by atoms with Crippen molar-refractivity contribution in [2.45, 2.75) is 32.7 Å². The molecule has 0 radical (unpaired) electrons. The molecule has 1 aromatic heterocycles. The summed E-state index contributed by atoms with van der Waals surface area (Å²) < 4.78 is 1.99. The smallest absolute Gasteiger partial charge is 0.0521 e. The van der Waals surface area contributed by atoms with E-state index in [4.69, 9.17) is 0 Å². The summed E-state index contributed by atoms with van der Waals surface area (Å²) in [5.74, 6) is 0.818. The molecule has 1 aliphatic rings. The second kappa shape index (κ2) is 6.90. The van der Waals surface area contributed by atoms with Crippen LogP contribution in [0.4, 0.5) is 0 Å². The van der Waals surface area contributed by atoms with Crippen LogP contribution in [0.5, 0.6) is 0 Å². The Balaban J connectivity index is 1.88. The standard InChI is InChI=1S/C14H26N4/c1-3-9-18(11-13-5-4-7-15-10-13)12-14-6-8-16-17(14)2/h6,8,13,15H,3-5,7,9-12H2,1-2H3. The highest BCUT2D eigenvalue weighted by atomic mass is 15.3. The van der Waals surface area contributed by atoms with E-state index in [1.807, 2.05) is 17.9 Å². The topological polar surface area (TPSA) is 33.1 Å². The van der Waals surface area contributed by atoms with Crippen molar-refractivity contribution in [3.8, 4) is 0 Å². The van der Waals surface area contributed by atoms with Crippen molar-refractivity contribution in [2.75, 3.05) is 26.2 Å². The summed E-state index contributed by atoms with van der Waals surface area (Å²) in [7, 11) is 2.03. The summed E-state index contributed by atoms with van der Waals surface area (Å²) in [5, 5.41) is 7.76. The first-order valence-electron chi connectivity index (χ1n) is 7.19. The fraction of sp³-hybridized carbons (Fsp3) is 0.786. The van der Waals surface area contributed by atoms with Gasteiger partial charge < -0.3 is 5.32 Å². The predicted molar refractivity (Wildman–Crippen MR) is 74.4 cm³/mol. The number of aryl methyl sites for hydroxylation is 1. The number of nitrogens with zero attached hydrogens (tertiary/aromatic N) is 3. The molecule has 0 aliphatic carbocycles. The minimum absolute atomic E-state index is 0.818. The maximum Gasteiger partial charge on any atom is 0.0521 e.